The number of nitrogens with one attached hydrogen (secondary N) is 1. The predicted molar refractivity (Wildman–Crippen MR) is 88.2 cm³/mol. The number of esters is 1. The van der Waals surface area contributed by atoms with Crippen molar-refractivity contribution in [2.45, 2.75) is 39.3 Å². The van der Waals surface area contributed by atoms with E-state index in [1.165, 1.54) is 11.3 Å². The molecule has 0 aliphatic heterocycles. The first kappa shape index (κ1) is 16.6. The third-order valence-electron chi connectivity index (χ3n) is 2.63. The number of aromatic nitrogens is 1. The first-order chi connectivity index (χ1) is 10.3. The van der Waals surface area contributed by atoms with Crippen LogP contribution in [0.1, 0.15) is 38.2 Å². The maximum Gasteiger partial charge on any atom is 0.358 e. The van der Waals surface area contributed by atoms with Crippen molar-refractivity contribution >= 4 is 34.6 Å². The number of rotatable bonds is 4. The van der Waals surface area contributed by atoms with Gasteiger partial charge in [-0.2, -0.15) is 11.3 Å². The number of thiophene rings is 1. The molecule has 7 heteroatoms. The van der Waals surface area contributed by atoms with Crippen molar-refractivity contribution in [3.8, 4) is 10.6 Å². The monoisotopic (exact) mass is 338 g/mol. The van der Waals surface area contributed by atoms with E-state index < -0.39 is 12.1 Å². The normalized spacial score (nSPS) is 12.7. The van der Waals surface area contributed by atoms with Gasteiger partial charge in [0.25, 0.3) is 5.91 Å². The SMILES string of the molecule is CC(OC(=O)c1csc(-c2ccsc2)n1)C(=O)NC(C)(C)C. The van der Waals surface area contributed by atoms with Crippen molar-refractivity contribution in [3.05, 3.63) is 27.9 Å². The number of ether oxygens (including phenoxy) is 1. The summed E-state index contributed by atoms with van der Waals surface area (Å²) in [5.41, 5.74) is 0.832. The van der Waals surface area contributed by atoms with Gasteiger partial charge in [0.2, 0.25) is 0 Å². The van der Waals surface area contributed by atoms with Crippen LogP contribution >= 0.6 is 22.7 Å². The summed E-state index contributed by atoms with van der Waals surface area (Å²) in [6.07, 6.45) is -0.863. The van der Waals surface area contributed by atoms with Crippen molar-refractivity contribution in [1.82, 2.24) is 10.3 Å². The quantitative estimate of drug-likeness (QED) is 0.868. The highest BCUT2D eigenvalue weighted by Crippen LogP contribution is 2.26. The lowest BCUT2D eigenvalue weighted by atomic mass is 10.1. The minimum atomic E-state index is -0.863. The third kappa shape index (κ3) is 4.38. The Balaban J connectivity index is 1.99. The molecule has 5 nitrogen and oxygen atoms in total. The van der Waals surface area contributed by atoms with Crippen LogP contribution in [0.25, 0.3) is 10.6 Å². The van der Waals surface area contributed by atoms with Gasteiger partial charge < -0.3 is 10.1 Å². The highest BCUT2D eigenvalue weighted by molar-refractivity contribution is 7.14. The topological polar surface area (TPSA) is 68.3 Å². The fraction of sp³-hybridized carbons (Fsp3) is 0.400. The van der Waals surface area contributed by atoms with Crippen LogP contribution in [0, 0.1) is 0 Å². The van der Waals surface area contributed by atoms with Gasteiger partial charge in [-0.15, -0.1) is 11.3 Å². The van der Waals surface area contributed by atoms with Gasteiger partial charge in [0.15, 0.2) is 11.8 Å². The summed E-state index contributed by atoms with van der Waals surface area (Å²) in [6, 6.07) is 1.94. The molecule has 0 saturated heterocycles. The van der Waals surface area contributed by atoms with Crippen LogP contribution in [0.2, 0.25) is 0 Å². The molecule has 0 radical (unpaired) electrons. The van der Waals surface area contributed by atoms with Gasteiger partial charge >= 0.3 is 5.97 Å². The van der Waals surface area contributed by atoms with E-state index in [4.69, 9.17) is 4.74 Å². The lowest BCUT2D eigenvalue weighted by molar-refractivity contribution is -0.130. The molecule has 0 aliphatic carbocycles. The zero-order valence-electron chi connectivity index (χ0n) is 12.9. The van der Waals surface area contributed by atoms with E-state index in [0.717, 1.165) is 10.6 Å². The minimum Gasteiger partial charge on any atom is -0.448 e. The second-order valence-corrected chi connectivity index (χ2v) is 7.47. The van der Waals surface area contributed by atoms with Crippen molar-refractivity contribution in [2.75, 3.05) is 0 Å². The van der Waals surface area contributed by atoms with E-state index in [0.29, 0.717) is 0 Å². The Morgan fingerprint density at radius 1 is 1.32 bits per heavy atom. The van der Waals surface area contributed by atoms with Gasteiger partial charge in [-0.05, 0) is 39.1 Å². The Hall–Kier alpha value is -1.73. The number of carbonyl (C=O) groups is 2. The van der Waals surface area contributed by atoms with Gasteiger partial charge in [0.05, 0.1) is 0 Å². The van der Waals surface area contributed by atoms with Crippen LogP contribution in [0.3, 0.4) is 0 Å². The summed E-state index contributed by atoms with van der Waals surface area (Å²) in [7, 11) is 0. The Bertz CT molecular complexity index is 657. The van der Waals surface area contributed by atoms with Crippen LogP contribution in [0.5, 0.6) is 0 Å². The van der Waals surface area contributed by atoms with E-state index in [9.17, 15) is 9.59 Å². The molecule has 2 rings (SSSR count). The molecular weight excluding hydrogens is 320 g/mol. The lowest BCUT2D eigenvalue weighted by Crippen LogP contribution is -2.46. The van der Waals surface area contributed by atoms with Crippen LogP contribution < -0.4 is 5.32 Å². The zero-order chi connectivity index (χ0) is 16.3. The summed E-state index contributed by atoms with van der Waals surface area (Å²) < 4.78 is 5.17. The third-order valence-corrected chi connectivity index (χ3v) is 4.21. The largest absolute Gasteiger partial charge is 0.448 e. The summed E-state index contributed by atoms with van der Waals surface area (Å²) in [6.45, 7) is 7.15. The van der Waals surface area contributed by atoms with Crippen LogP contribution in [0.15, 0.2) is 22.2 Å². The van der Waals surface area contributed by atoms with E-state index >= 15 is 0 Å². The molecule has 22 heavy (non-hydrogen) atoms. The molecule has 0 fully saturated rings. The van der Waals surface area contributed by atoms with Gasteiger partial charge in [0.1, 0.15) is 5.01 Å². The molecule has 0 bridgehead atoms. The minimum absolute atomic E-state index is 0.224. The number of hydrogen-bond donors (Lipinski definition) is 1. The zero-order valence-corrected chi connectivity index (χ0v) is 14.5. The molecule has 2 heterocycles. The molecule has 118 valence electrons. The first-order valence-corrected chi connectivity index (χ1v) is 8.59. The summed E-state index contributed by atoms with van der Waals surface area (Å²) in [5, 5.41) is 9.09. The average molecular weight is 338 g/mol. The second kappa shape index (κ2) is 6.58. The van der Waals surface area contributed by atoms with Crippen molar-refractivity contribution in [2.24, 2.45) is 0 Å². The Kier molecular flexibility index (Phi) is 4.97. The van der Waals surface area contributed by atoms with Gasteiger partial charge in [0, 0.05) is 21.9 Å². The summed E-state index contributed by atoms with van der Waals surface area (Å²) in [5.74, 6) is -0.913. The van der Waals surface area contributed by atoms with Crippen LogP contribution in [0.4, 0.5) is 0 Å². The number of nitrogens with zero attached hydrogens (tertiary/aromatic N) is 1. The van der Waals surface area contributed by atoms with E-state index in [-0.39, 0.29) is 17.1 Å². The van der Waals surface area contributed by atoms with Gasteiger partial charge in [-0.25, -0.2) is 9.78 Å². The first-order valence-electron chi connectivity index (χ1n) is 6.77. The molecule has 0 aliphatic rings. The van der Waals surface area contributed by atoms with Crippen molar-refractivity contribution in [3.63, 3.8) is 0 Å². The number of amides is 1. The number of hydrogen-bond acceptors (Lipinski definition) is 6. The second-order valence-electron chi connectivity index (χ2n) is 5.84. The van der Waals surface area contributed by atoms with Crippen LogP contribution in [-0.4, -0.2) is 28.5 Å². The van der Waals surface area contributed by atoms with Crippen LogP contribution in [-0.2, 0) is 9.53 Å². The maximum atomic E-state index is 12.1. The summed E-state index contributed by atoms with van der Waals surface area (Å²) >= 11 is 2.94. The van der Waals surface area contributed by atoms with E-state index in [1.54, 1.807) is 23.6 Å². The Morgan fingerprint density at radius 2 is 2.05 bits per heavy atom. The number of thiazole rings is 1. The Labute approximate surface area is 137 Å². The molecule has 1 N–H and O–H groups in total. The molecule has 2 aromatic rings. The van der Waals surface area contributed by atoms with Gasteiger partial charge in [-0.3, -0.25) is 4.79 Å². The molecule has 1 atom stereocenters. The maximum absolute atomic E-state index is 12.1. The Morgan fingerprint density at radius 3 is 2.64 bits per heavy atom. The molecule has 1 unspecified atom stereocenters. The summed E-state index contributed by atoms with van der Waals surface area (Å²) in [4.78, 5) is 28.2. The fourth-order valence-corrected chi connectivity index (χ4v) is 3.13. The van der Waals surface area contributed by atoms with E-state index in [1.807, 2.05) is 37.6 Å². The van der Waals surface area contributed by atoms with Crippen molar-refractivity contribution < 1.29 is 14.3 Å². The van der Waals surface area contributed by atoms with Gasteiger partial charge in [-0.1, -0.05) is 0 Å². The molecule has 0 spiro atoms. The predicted octanol–water partition coefficient (Wildman–Crippen LogP) is 3.33. The average Bonchev–Trinajstić information content (AvgIpc) is 3.07. The molecule has 1 amide bonds. The highest BCUT2D eigenvalue weighted by Gasteiger charge is 2.24. The smallest absolute Gasteiger partial charge is 0.358 e. The fourth-order valence-electron chi connectivity index (χ4n) is 1.63. The molecular formula is C15H18N2O3S2. The lowest BCUT2D eigenvalue weighted by Gasteiger charge is -2.23. The standard InChI is InChI=1S/C15H18N2O3S2/c1-9(12(18)17-15(2,3)4)20-14(19)11-8-22-13(16-11)10-5-6-21-7-10/h5-9H,1-4H3,(H,17,18). The molecule has 0 aromatic carbocycles. The molecule has 2 aromatic heterocycles. The number of carbonyl (C=O) groups excluding carboxylic acids is 2. The molecule has 0 saturated carbocycles. The van der Waals surface area contributed by atoms with E-state index in [2.05, 4.69) is 10.3 Å². The van der Waals surface area contributed by atoms with Crippen molar-refractivity contribution in [1.29, 1.82) is 0 Å². The highest BCUT2D eigenvalue weighted by atomic mass is 32.1.